The highest BCUT2D eigenvalue weighted by Gasteiger charge is 2.19. The van der Waals surface area contributed by atoms with Gasteiger partial charge in [0.05, 0.1) is 17.1 Å². The van der Waals surface area contributed by atoms with Crippen molar-refractivity contribution in [3.63, 3.8) is 0 Å². The van der Waals surface area contributed by atoms with Crippen LogP contribution >= 0.6 is 0 Å². The van der Waals surface area contributed by atoms with Crippen molar-refractivity contribution < 1.29 is 8.78 Å². The van der Waals surface area contributed by atoms with Crippen LogP contribution in [0.25, 0.3) is 16.7 Å². The maximum Gasteiger partial charge on any atom is 0.184 e. The number of aryl methyl sites for hydroxylation is 1. The Hall–Kier alpha value is -2.19. The number of fused-ring (bicyclic) bond motifs is 3. The summed E-state index contributed by atoms with van der Waals surface area (Å²) in [5.41, 5.74) is 13.3. The Morgan fingerprint density at radius 3 is 2.68 bits per heavy atom. The zero-order valence-electron chi connectivity index (χ0n) is 12.1. The molecule has 6 nitrogen and oxygen atoms in total. The maximum absolute atomic E-state index is 13.5. The van der Waals surface area contributed by atoms with Crippen molar-refractivity contribution in [3.05, 3.63) is 35.3 Å². The smallest absolute Gasteiger partial charge is 0.184 e. The molecule has 2 heterocycles. The molecule has 3 aromatic rings. The van der Waals surface area contributed by atoms with Crippen molar-refractivity contribution in [1.29, 1.82) is 0 Å². The summed E-state index contributed by atoms with van der Waals surface area (Å²) >= 11 is 0. The average molecular weight is 306 g/mol. The fraction of sp³-hybridized carbons (Fsp3) is 0.357. The molecular formula is C14H16F2N6. The minimum atomic E-state index is -0.952. The first-order valence-corrected chi connectivity index (χ1v) is 6.99. The van der Waals surface area contributed by atoms with E-state index in [1.807, 2.05) is 0 Å². The SMILES string of the molecule is Cc1nnc2c(C(N)CCCN)nc3cc(F)c(F)cc3n12. The zero-order chi connectivity index (χ0) is 15.9. The van der Waals surface area contributed by atoms with Crippen LogP contribution < -0.4 is 11.5 Å². The van der Waals surface area contributed by atoms with Crippen LogP contribution in [0.5, 0.6) is 0 Å². The Balaban J connectivity index is 2.30. The first kappa shape index (κ1) is 14.7. The molecular weight excluding hydrogens is 290 g/mol. The van der Waals surface area contributed by atoms with Crippen LogP contribution in [0.15, 0.2) is 12.1 Å². The molecule has 0 aliphatic carbocycles. The summed E-state index contributed by atoms with van der Waals surface area (Å²) in [6.45, 7) is 2.25. The fourth-order valence-corrected chi connectivity index (χ4v) is 2.51. The minimum absolute atomic E-state index is 0.312. The number of hydrogen-bond donors (Lipinski definition) is 2. The van der Waals surface area contributed by atoms with Gasteiger partial charge in [-0.25, -0.2) is 13.8 Å². The summed E-state index contributed by atoms with van der Waals surface area (Å²) in [7, 11) is 0. The molecule has 0 radical (unpaired) electrons. The van der Waals surface area contributed by atoms with Gasteiger partial charge in [-0.3, -0.25) is 4.40 Å². The summed E-state index contributed by atoms with van der Waals surface area (Å²) in [6, 6.07) is 1.76. The van der Waals surface area contributed by atoms with E-state index in [4.69, 9.17) is 11.5 Å². The summed E-state index contributed by atoms with van der Waals surface area (Å²) < 4.78 is 28.7. The summed E-state index contributed by atoms with van der Waals surface area (Å²) in [6.07, 6.45) is 1.36. The van der Waals surface area contributed by atoms with Crippen molar-refractivity contribution >= 4 is 16.7 Å². The summed E-state index contributed by atoms with van der Waals surface area (Å²) in [5, 5.41) is 8.07. The van der Waals surface area contributed by atoms with Gasteiger partial charge in [-0.2, -0.15) is 0 Å². The second kappa shape index (κ2) is 5.54. The third-order valence-corrected chi connectivity index (χ3v) is 3.62. The second-order valence-electron chi connectivity index (χ2n) is 5.20. The maximum atomic E-state index is 13.5. The number of aromatic nitrogens is 4. The molecule has 1 aromatic carbocycles. The van der Waals surface area contributed by atoms with Crippen LogP contribution in [0.2, 0.25) is 0 Å². The highest BCUT2D eigenvalue weighted by Crippen LogP contribution is 2.25. The minimum Gasteiger partial charge on any atom is -0.330 e. The molecule has 0 bridgehead atoms. The van der Waals surface area contributed by atoms with Gasteiger partial charge < -0.3 is 11.5 Å². The Bertz CT molecular complexity index is 844. The Morgan fingerprint density at radius 2 is 1.95 bits per heavy atom. The van der Waals surface area contributed by atoms with Crippen molar-refractivity contribution in [2.75, 3.05) is 6.54 Å². The van der Waals surface area contributed by atoms with Gasteiger partial charge in [-0.05, 0) is 26.3 Å². The lowest BCUT2D eigenvalue weighted by Crippen LogP contribution is -2.16. The first-order valence-electron chi connectivity index (χ1n) is 6.99. The zero-order valence-corrected chi connectivity index (χ0v) is 12.1. The third-order valence-electron chi connectivity index (χ3n) is 3.62. The monoisotopic (exact) mass is 306 g/mol. The predicted molar refractivity (Wildman–Crippen MR) is 78.2 cm³/mol. The Morgan fingerprint density at radius 1 is 1.23 bits per heavy atom. The van der Waals surface area contributed by atoms with Crippen LogP contribution in [-0.4, -0.2) is 26.1 Å². The van der Waals surface area contributed by atoms with E-state index >= 15 is 0 Å². The van der Waals surface area contributed by atoms with Crippen molar-refractivity contribution in [3.8, 4) is 0 Å². The summed E-state index contributed by atoms with van der Waals surface area (Å²) in [5.74, 6) is -1.34. The van der Waals surface area contributed by atoms with E-state index in [1.54, 1.807) is 11.3 Å². The standard InChI is InChI=1S/C14H16F2N6/c1-7-20-21-14-13(10(18)3-2-4-17)19-11-5-8(15)9(16)6-12(11)22(7)14/h5-6,10H,2-4,17-18H2,1H3. The lowest BCUT2D eigenvalue weighted by Gasteiger charge is -2.13. The van der Waals surface area contributed by atoms with Crippen LogP contribution in [-0.2, 0) is 0 Å². The number of hydrogen-bond acceptors (Lipinski definition) is 5. The van der Waals surface area contributed by atoms with Gasteiger partial charge >= 0.3 is 0 Å². The van der Waals surface area contributed by atoms with Gasteiger partial charge in [-0.15, -0.1) is 10.2 Å². The number of halogens is 2. The van der Waals surface area contributed by atoms with Gasteiger partial charge in [0.1, 0.15) is 11.5 Å². The van der Waals surface area contributed by atoms with Gasteiger partial charge in [0.15, 0.2) is 17.3 Å². The van der Waals surface area contributed by atoms with E-state index in [2.05, 4.69) is 15.2 Å². The number of nitrogens with zero attached hydrogens (tertiary/aromatic N) is 4. The molecule has 22 heavy (non-hydrogen) atoms. The van der Waals surface area contributed by atoms with Crippen LogP contribution in [0.3, 0.4) is 0 Å². The molecule has 0 spiro atoms. The summed E-state index contributed by atoms with van der Waals surface area (Å²) in [4.78, 5) is 4.38. The molecule has 0 aliphatic rings. The van der Waals surface area contributed by atoms with Crippen molar-refractivity contribution in [2.45, 2.75) is 25.8 Å². The van der Waals surface area contributed by atoms with Gasteiger partial charge in [-0.1, -0.05) is 0 Å². The number of rotatable bonds is 4. The molecule has 0 fully saturated rings. The molecule has 116 valence electrons. The molecule has 0 aliphatic heterocycles. The number of nitrogens with two attached hydrogens (primary N) is 2. The van der Waals surface area contributed by atoms with E-state index in [9.17, 15) is 8.78 Å². The molecule has 1 unspecified atom stereocenters. The molecule has 0 saturated heterocycles. The van der Waals surface area contributed by atoms with E-state index in [-0.39, 0.29) is 0 Å². The lowest BCUT2D eigenvalue weighted by atomic mass is 10.1. The highest BCUT2D eigenvalue weighted by atomic mass is 19.2. The van der Waals surface area contributed by atoms with Gasteiger partial charge in [0.2, 0.25) is 0 Å². The topological polar surface area (TPSA) is 95.1 Å². The van der Waals surface area contributed by atoms with E-state index in [0.29, 0.717) is 41.2 Å². The molecule has 3 rings (SSSR count). The van der Waals surface area contributed by atoms with E-state index < -0.39 is 17.7 Å². The number of benzene rings is 1. The van der Waals surface area contributed by atoms with E-state index in [1.165, 1.54) is 0 Å². The molecule has 0 saturated carbocycles. The Labute approximate surface area is 125 Å². The Kier molecular flexibility index (Phi) is 3.71. The lowest BCUT2D eigenvalue weighted by molar-refractivity contribution is 0.510. The fourth-order valence-electron chi connectivity index (χ4n) is 2.51. The largest absolute Gasteiger partial charge is 0.330 e. The molecule has 4 N–H and O–H groups in total. The van der Waals surface area contributed by atoms with Crippen molar-refractivity contribution in [1.82, 2.24) is 19.6 Å². The third kappa shape index (κ3) is 2.30. The van der Waals surface area contributed by atoms with Crippen LogP contribution in [0.4, 0.5) is 8.78 Å². The van der Waals surface area contributed by atoms with Crippen LogP contribution in [0.1, 0.15) is 30.4 Å². The first-order chi connectivity index (χ1) is 10.5. The molecule has 1 atom stereocenters. The van der Waals surface area contributed by atoms with Gasteiger partial charge in [0, 0.05) is 12.1 Å². The van der Waals surface area contributed by atoms with E-state index in [0.717, 1.165) is 18.6 Å². The normalized spacial score (nSPS) is 13.1. The predicted octanol–water partition coefficient (Wildman–Crippen LogP) is 1.60. The van der Waals surface area contributed by atoms with Crippen LogP contribution in [0, 0.1) is 18.6 Å². The highest BCUT2D eigenvalue weighted by molar-refractivity contribution is 5.79. The molecule has 0 amide bonds. The van der Waals surface area contributed by atoms with Gasteiger partial charge in [0.25, 0.3) is 0 Å². The molecule has 2 aromatic heterocycles. The quantitative estimate of drug-likeness (QED) is 0.763. The molecule has 8 heteroatoms. The second-order valence-corrected chi connectivity index (χ2v) is 5.20. The van der Waals surface area contributed by atoms with Crippen molar-refractivity contribution in [2.24, 2.45) is 11.5 Å². The average Bonchev–Trinajstić information content (AvgIpc) is 2.88.